The molecule has 4 aromatic heterocycles. The molecule has 0 aliphatic carbocycles. The van der Waals surface area contributed by atoms with Crippen molar-refractivity contribution in [1.82, 2.24) is 34.1 Å². The summed E-state index contributed by atoms with van der Waals surface area (Å²) in [6, 6.07) is 3.66. The van der Waals surface area contributed by atoms with Gasteiger partial charge in [-0.2, -0.15) is 10.2 Å². The monoisotopic (exact) mass is 490 g/mol. The first-order valence-corrected chi connectivity index (χ1v) is 9.87. The van der Waals surface area contributed by atoms with Gasteiger partial charge in [0.15, 0.2) is 5.82 Å². The number of primary amides is 1. The van der Waals surface area contributed by atoms with Crippen LogP contribution in [0.5, 0.6) is 0 Å². The van der Waals surface area contributed by atoms with Gasteiger partial charge in [0.05, 0.1) is 23.1 Å². The number of carbonyl (C=O) groups is 1. The number of rotatable bonds is 4. The van der Waals surface area contributed by atoms with Crippen molar-refractivity contribution in [3.05, 3.63) is 35.9 Å². The Morgan fingerprint density at radius 1 is 1.25 bits per heavy atom. The maximum atomic E-state index is 11.8. The van der Waals surface area contributed by atoms with E-state index in [0.29, 0.717) is 11.5 Å². The number of nitrogens with zero attached hydrogens (tertiary/aromatic N) is 7. The van der Waals surface area contributed by atoms with E-state index < -0.39 is 5.91 Å². The lowest BCUT2D eigenvalue weighted by Crippen LogP contribution is -2.14. The summed E-state index contributed by atoms with van der Waals surface area (Å²) in [6.45, 7) is 4.03. The molecule has 0 saturated carbocycles. The minimum absolute atomic E-state index is 0.174. The van der Waals surface area contributed by atoms with E-state index in [1.54, 1.807) is 16.9 Å². The molecule has 0 saturated heterocycles. The van der Waals surface area contributed by atoms with Crippen LogP contribution in [0.15, 0.2) is 24.5 Å². The molecule has 4 aromatic rings. The Labute approximate surface area is 174 Å². The molecule has 0 aliphatic heterocycles. The van der Waals surface area contributed by atoms with Crippen LogP contribution in [-0.4, -0.2) is 40.0 Å². The Morgan fingerprint density at radius 2 is 2.00 bits per heavy atom. The molecule has 4 heterocycles. The number of alkyl halides is 1. The number of halogens is 1. The fraction of sp³-hybridized carbons (Fsp3) is 0.278. The van der Waals surface area contributed by atoms with Crippen molar-refractivity contribution in [2.45, 2.75) is 17.9 Å². The van der Waals surface area contributed by atoms with Gasteiger partial charge in [-0.25, -0.2) is 9.97 Å². The average molecular weight is 490 g/mol. The molecule has 0 spiro atoms. The summed E-state index contributed by atoms with van der Waals surface area (Å²) in [5.74, 6) is 0.0360. The van der Waals surface area contributed by atoms with Crippen molar-refractivity contribution in [2.75, 3.05) is 0 Å². The van der Waals surface area contributed by atoms with Crippen molar-refractivity contribution in [1.29, 1.82) is 0 Å². The molecule has 4 rings (SSSR count). The van der Waals surface area contributed by atoms with Crippen molar-refractivity contribution in [3.63, 3.8) is 0 Å². The smallest absolute Gasteiger partial charge is 0.267 e. The standard InChI is InChI=1S/C18H19IN8O/c1-9-5-15(27(24-9)10(2)19)13-8-25(3)18(23-13)16-11-7-21-26(4)14(11)6-12(22-16)17(20)28/h5-8,10H,1-4H3,(H2,20,28). The SMILES string of the molecule is Cc1cc(-c2cn(C)c(-c3nc(C(N)=O)cc4c3cnn4C)n2)n(C(C)I)n1. The lowest BCUT2D eigenvalue weighted by molar-refractivity contribution is 0.0996. The molecule has 28 heavy (non-hydrogen) atoms. The summed E-state index contributed by atoms with van der Waals surface area (Å²) in [4.78, 5) is 21.1. The molecule has 1 unspecified atom stereocenters. The summed E-state index contributed by atoms with van der Waals surface area (Å²) in [7, 11) is 3.71. The number of pyridine rings is 1. The Hall–Kier alpha value is -2.76. The first-order chi connectivity index (χ1) is 13.3. The number of hydrogen-bond donors (Lipinski definition) is 1. The van der Waals surface area contributed by atoms with Crippen LogP contribution in [0.2, 0.25) is 0 Å². The van der Waals surface area contributed by atoms with Gasteiger partial charge >= 0.3 is 0 Å². The normalized spacial score (nSPS) is 12.6. The highest BCUT2D eigenvalue weighted by Gasteiger charge is 2.21. The first kappa shape index (κ1) is 18.6. The number of imidazole rings is 1. The molecule has 0 aliphatic rings. The quantitative estimate of drug-likeness (QED) is 0.350. The number of aryl methyl sites for hydroxylation is 3. The van der Waals surface area contributed by atoms with Gasteiger partial charge in [-0.05, 0) is 26.0 Å². The highest BCUT2D eigenvalue weighted by molar-refractivity contribution is 14.1. The van der Waals surface area contributed by atoms with Crippen LogP contribution >= 0.6 is 22.6 Å². The van der Waals surface area contributed by atoms with Gasteiger partial charge in [-0.3, -0.25) is 14.2 Å². The molecule has 10 heteroatoms. The largest absolute Gasteiger partial charge is 0.364 e. The Kier molecular flexibility index (Phi) is 4.44. The Morgan fingerprint density at radius 3 is 2.68 bits per heavy atom. The van der Waals surface area contributed by atoms with Crippen LogP contribution in [0.4, 0.5) is 0 Å². The van der Waals surface area contributed by atoms with Crippen LogP contribution in [0.1, 0.15) is 27.2 Å². The maximum Gasteiger partial charge on any atom is 0.267 e. The summed E-state index contributed by atoms with van der Waals surface area (Å²) in [5.41, 5.74) is 9.64. The van der Waals surface area contributed by atoms with Gasteiger partial charge in [0, 0.05) is 25.7 Å². The zero-order valence-electron chi connectivity index (χ0n) is 15.9. The number of fused-ring (bicyclic) bond motifs is 1. The fourth-order valence-corrected chi connectivity index (χ4v) is 3.65. The van der Waals surface area contributed by atoms with Crippen LogP contribution in [-0.2, 0) is 14.1 Å². The molecule has 144 valence electrons. The van der Waals surface area contributed by atoms with Gasteiger partial charge in [-0.1, -0.05) is 22.6 Å². The highest BCUT2D eigenvalue weighted by Crippen LogP contribution is 2.31. The van der Waals surface area contributed by atoms with E-state index in [-0.39, 0.29) is 9.74 Å². The molecule has 0 fully saturated rings. The molecular formula is C18H19IN8O. The lowest BCUT2D eigenvalue weighted by atomic mass is 10.2. The van der Waals surface area contributed by atoms with Gasteiger partial charge in [0.25, 0.3) is 5.91 Å². The van der Waals surface area contributed by atoms with Gasteiger partial charge in [0.2, 0.25) is 0 Å². The van der Waals surface area contributed by atoms with Gasteiger partial charge in [-0.15, -0.1) is 0 Å². The van der Waals surface area contributed by atoms with Crippen LogP contribution in [0.25, 0.3) is 33.8 Å². The van der Waals surface area contributed by atoms with E-state index in [2.05, 4.69) is 44.7 Å². The van der Waals surface area contributed by atoms with E-state index in [1.807, 2.05) is 42.5 Å². The van der Waals surface area contributed by atoms with Gasteiger partial charge in [0.1, 0.15) is 21.1 Å². The number of aromatic nitrogens is 7. The van der Waals surface area contributed by atoms with E-state index in [1.165, 1.54) is 0 Å². The second-order valence-electron chi connectivity index (χ2n) is 6.67. The zero-order chi connectivity index (χ0) is 20.2. The number of carbonyl (C=O) groups excluding carboxylic acids is 1. The molecule has 0 bridgehead atoms. The molecular weight excluding hydrogens is 471 g/mol. The summed E-state index contributed by atoms with van der Waals surface area (Å²) in [5, 5.41) is 9.65. The minimum Gasteiger partial charge on any atom is -0.364 e. The molecule has 0 aromatic carbocycles. The second kappa shape index (κ2) is 6.69. The predicted molar refractivity (Wildman–Crippen MR) is 114 cm³/mol. The third-order valence-electron chi connectivity index (χ3n) is 4.54. The van der Waals surface area contributed by atoms with Crippen LogP contribution in [0, 0.1) is 6.92 Å². The third-order valence-corrected chi connectivity index (χ3v) is 5.07. The summed E-state index contributed by atoms with van der Waals surface area (Å²) >= 11 is 2.32. The molecule has 0 radical (unpaired) electrons. The fourth-order valence-electron chi connectivity index (χ4n) is 3.23. The third kappa shape index (κ3) is 2.97. The second-order valence-corrected chi connectivity index (χ2v) is 8.47. The van der Waals surface area contributed by atoms with Crippen molar-refractivity contribution in [3.8, 4) is 22.9 Å². The molecule has 9 nitrogen and oxygen atoms in total. The molecule has 1 amide bonds. The minimum atomic E-state index is -0.591. The predicted octanol–water partition coefficient (Wildman–Crippen LogP) is 2.59. The maximum absolute atomic E-state index is 11.8. The summed E-state index contributed by atoms with van der Waals surface area (Å²) < 4.78 is 5.69. The Balaban J connectivity index is 1.94. The number of hydrogen-bond acceptors (Lipinski definition) is 5. The van der Waals surface area contributed by atoms with Crippen LogP contribution in [0.3, 0.4) is 0 Å². The zero-order valence-corrected chi connectivity index (χ0v) is 18.0. The van der Waals surface area contributed by atoms with Crippen molar-refractivity contribution >= 4 is 39.4 Å². The molecule has 1 atom stereocenters. The highest BCUT2D eigenvalue weighted by atomic mass is 127. The van der Waals surface area contributed by atoms with E-state index >= 15 is 0 Å². The van der Waals surface area contributed by atoms with E-state index in [9.17, 15) is 4.79 Å². The van der Waals surface area contributed by atoms with Crippen molar-refractivity contribution < 1.29 is 4.79 Å². The average Bonchev–Trinajstić information content (AvgIpc) is 3.31. The number of nitrogens with two attached hydrogens (primary N) is 1. The number of amides is 1. The lowest BCUT2D eigenvalue weighted by Gasteiger charge is -2.07. The van der Waals surface area contributed by atoms with Gasteiger partial charge < -0.3 is 10.3 Å². The van der Waals surface area contributed by atoms with Crippen LogP contribution < -0.4 is 5.73 Å². The van der Waals surface area contributed by atoms with Crippen molar-refractivity contribution in [2.24, 2.45) is 19.8 Å². The van der Waals surface area contributed by atoms with E-state index in [4.69, 9.17) is 10.7 Å². The van der Waals surface area contributed by atoms with E-state index in [0.717, 1.165) is 28.0 Å². The molecule has 2 N–H and O–H groups in total. The Bertz CT molecular complexity index is 1220. The topological polar surface area (TPSA) is 109 Å². The summed E-state index contributed by atoms with van der Waals surface area (Å²) in [6.07, 6.45) is 3.65. The first-order valence-electron chi connectivity index (χ1n) is 8.63.